The Hall–Kier alpha value is -2.89. The van der Waals surface area contributed by atoms with Crippen molar-refractivity contribution >= 4 is 8.53 Å². The minimum atomic E-state index is -1.68. The zero-order chi connectivity index (χ0) is 31.7. The highest BCUT2D eigenvalue weighted by Crippen LogP contribution is 2.65. The molecule has 2 fully saturated rings. The lowest BCUT2D eigenvalue weighted by atomic mass is 9.72. The quantitative estimate of drug-likeness (QED) is 0.174. The molecular formula is C39H46NO4P. The molecule has 0 bridgehead atoms. The van der Waals surface area contributed by atoms with Crippen molar-refractivity contribution in [1.82, 2.24) is 4.67 Å². The second-order valence-corrected chi connectivity index (χ2v) is 14.9. The fourth-order valence-electron chi connectivity index (χ4n) is 6.83. The van der Waals surface area contributed by atoms with E-state index in [0.717, 1.165) is 35.3 Å². The largest absolute Gasteiger partial charge is 0.341 e. The van der Waals surface area contributed by atoms with Crippen molar-refractivity contribution in [3.8, 4) is 0 Å². The smallest absolute Gasteiger partial charge is 0.261 e. The first-order valence-corrected chi connectivity index (χ1v) is 17.3. The molecule has 4 aromatic carbocycles. The van der Waals surface area contributed by atoms with Gasteiger partial charge in [0, 0.05) is 13.1 Å². The first kappa shape index (κ1) is 32.1. The third kappa shape index (κ3) is 6.15. The lowest BCUT2D eigenvalue weighted by Crippen LogP contribution is -2.53. The molecule has 6 rings (SSSR count). The van der Waals surface area contributed by atoms with Crippen LogP contribution in [0.1, 0.15) is 63.8 Å². The van der Waals surface area contributed by atoms with Crippen molar-refractivity contribution in [2.45, 2.75) is 70.7 Å². The van der Waals surface area contributed by atoms with Gasteiger partial charge in [0.25, 0.3) is 8.53 Å². The summed E-state index contributed by atoms with van der Waals surface area (Å²) in [6.45, 7) is 14.7. The highest BCUT2D eigenvalue weighted by Gasteiger charge is 2.67. The van der Waals surface area contributed by atoms with E-state index in [2.05, 4.69) is 129 Å². The molecule has 0 spiro atoms. The number of fused-ring (bicyclic) bond motifs is 1. The molecule has 0 amide bonds. The topological polar surface area (TPSA) is 40.2 Å². The molecular weight excluding hydrogens is 577 g/mol. The standard InChI is InChI=1S/C39H46NO4P/c1-29(2)27-40(28-30(3)4)45-43-38(31-19-11-7-12-20-31,32-21-13-8-14-22-32)35-36(42-37(5,6)41-35)39(44-45,33-23-15-9-16-24-33)34-25-17-10-18-26-34/h7-26,29-30,35-36H,27-28H2,1-6H3/t35-,36-/m1/s1. The van der Waals surface area contributed by atoms with Crippen LogP contribution in [-0.2, 0) is 29.7 Å². The molecule has 45 heavy (non-hydrogen) atoms. The van der Waals surface area contributed by atoms with Gasteiger partial charge in [-0.05, 0) is 47.9 Å². The average Bonchev–Trinajstić information content (AvgIpc) is 3.32. The maximum atomic E-state index is 7.70. The second kappa shape index (κ2) is 13.1. The third-order valence-corrected chi connectivity index (χ3v) is 10.2. The van der Waals surface area contributed by atoms with Crippen LogP contribution >= 0.6 is 8.53 Å². The SMILES string of the molecule is CC(C)CN(CC(C)C)P1OC(c2ccccc2)(c2ccccc2)[C@@H]2OC(C)(C)O[C@H]2C(c2ccccc2)(c2ccccc2)O1. The molecule has 0 aliphatic carbocycles. The van der Waals surface area contributed by atoms with Gasteiger partial charge >= 0.3 is 0 Å². The molecule has 0 saturated carbocycles. The first-order chi connectivity index (χ1) is 21.7. The Labute approximate surface area is 270 Å². The Morgan fingerprint density at radius 1 is 0.533 bits per heavy atom. The van der Waals surface area contributed by atoms with Crippen LogP contribution in [0.2, 0.25) is 0 Å². The number of hydrogen-bond acceptors (Lipinski definition) is 5. The number of nitrogens with zero attached hydrogens (tertiary/aromatic N) is 1. The van der Waals surface area contributed by atoms with Gasteiger partial charge in [-0.2, -0.15) is 0 Å². The Bertz CT molecular complexity index is 1320. The number of rotatable bonds is 9. The highest BCUT2D eigenvalue weighted by molar-refractivity contribution is 7.44. The Morgan fingerprint density at radius 2 is 0.822 bits per heavy atom. The normalized spacial score (nSPS) is 22.4. The van der Waals surface area contributed by atoms with E-state index in [9.17, 15) is 0 Å². The number of hydrogen-bond donors (Lipinski definition) is 0. The summed E-state index contributed by atoms with van der Waals surface area (Å²) in [6.07, 6.45) is -1.13. The van der Waals surface area contributed by atoms with E-state index in [1.807, 2.05) is 38.1 Å². The summed E-state index contributed by atoms with van der Waals surface area (Å²) in [4.78, 5) is 0. The fraction of sp³-hybridized carbons (Fsp3) is 0.385. The van der Waals surface area contributed by atoms with Gasteiger partial charge < -0.3 is 18.5 Å². The average molecular weight is 624 g/mol. The maximum Gasteiger partial charge on any atom is 0.261 e. The summed E-state index contributed by atoms with van der Waals surface area (Å²) >= 11 is 0. The Kier molecular flexibility index (Phi) is 9.32. The van der Waals surface area contributed by atoms with Crippen molar-refractivity contribution in [2.75, 3.05) is 13.1 Å². The summed E-state index contributed by atoms with van der Waals surface area (Å²) in [5, 5.41) is 0. The number of ether oxygens (including phenoxy) is 2. The van der Waals surface area contributed by atoms with Crippen LogP contribution in [0, 0.1) is 11.8 Å². The Morgan fingerprint density at radius 3 is 1.09 bits per heavy atom. The van der Waals surface area contributed by atoms with Gasteiger partial charge in [-0.25, -0.2) is 4.67 Å². The summed E-state index contributed by atoms with van der Waals surface area (Å²) in [6, 6.07) is 42.0. The van der Waals surface area contributed by atoms with E-state index >= 15 is 0 Å². The predicted molar refractivity (Wildman–Crippen MR) is 181 cm³/mol. The van der Waals surface area contributed by atoms with E-state index in [1.54, 1.807) is 0 Å². The molecule has 0 radical (unpaired) electrons. The van der Waals surface area contributed by atoms with Gasteiger partial charge in [-0.15, -0.1) is 0 Å². The molecule has 5 nitrogen and oxygen atoms in total. The first-order valence-electron chi connectivity index (χ1n) is 16.2. The molecule has 0 N–H and O–H groups in total. The third-order valence-electron chi connectivity index (χ3n) is 8.54. The summed E-state index contributed by atoms with van der Waals surface area (Å²) in [5.41, 5.74) is 1.96. The number of benzene rings is 4. The van der Waals surface area contributed by atoms with Gasteiger partial charge in [0.2, 0.25) is 0 Å². The highest BCUT2D eigenvalue weighted by atomic mass is 31.2. The van der Waals surface area contributed by atoms with Crippen LogP contribution in [0.3, 0.4) is 0 Å². The van der Waals surface area contributed by atoms with Gasteiger partial charge in [0.1, 0.15) is 12.2 Å². The van der Waals surface area contributed by atoms with Crippen molar-refractivity contribution in [3.05, 3.63) is 144 Å². The van der Waals surface area contributed by atoms with E-state index in [0.29, 0.717) is 11.8 Å². The fourth-order valence-corrected chi connectivity index (χ4v) is 9.14. The van der Waals surface area contributed by atoms with Gasteiger partial charge in [-0.1, -0.05) is 149 Å². The van der Waals surface area contributed by atoms with Crippen LogP contribution in [-0.4, -0.2) is 35.8 Å². The van der Waals surface area contributed by atoms with Crippen LogP contribution in [0.15, 0.2) is 121 Å². The summed E-state index contributed by atoms with van der Waals surface area (Å²) < 4.78 is 32.1. The van der Waals surface area contributed by atoms with Crippen molar-refractivity contribution in [3.63, 3.8) is 0 Å². The van der Waals surface area contributed by atoms with E-state index < -0.39 is 37.7 Å². The second-order valence-electron chi connectivity index (χ2n) is 13.5. The molecule has 0 unspecified atom stereocenters. The monoisotopic (exact) mass is 623 g/mol. The minimum absolute atomic E-state index is 0.401. The van der Waals surface area contributed by atoms with Crippen LogP contribution in [0.5, 0.6) is 0 Å². The summed E-state index contributed by atoms with van der Waals surface area (Å²) in [7, 11) is -1.68. The van der Waals surface area contributed by atoms with Crippen molar-refractivity contribution < 1.29 is 18.5 Å². The van der Waals surface area contributed by atoms with Gasteiger partial charge in [0.15, 0.2) is 17.0 Å². The molecule has 2 aliphatic heterocycles. The Balaban J connectivity index is 1.71. The molecule has 6 heteroatoms. The molecule has 0 aromatic heterocycles. The van der Waals surface area contributed by atoms with Crippen molar-refractivity contribution in [1.29, 1.82) is 0 Å². The van der Waals surface area contributed by atoms with E-state index in [4.69, 9.17) is 18.5 Å². The zero-order valence-corrected chi connectivity index (χ0v) is 28.2. The van der Waals surface area contributed by atoms with Gasteiger partial charge in [0.05, 0.1) is 0 Å². The maximum absolute atomic E-state index is 7.70. The van der Waals surface area contributed by atoms with Gasteiger partial charge in [-0.3, -0.25) is 0 Å². The molecule has 236 valence electrons. The molecule has 2 heterocycles. The molecule has 2 aliphatic rings. The summed E-state index contributed by atoms with van der Waals surface area (Å²) in [5.74, 6) is -0.0990. The zero-order valence-electron chi connectivity index (χ0n) is 27.3. The van der Waals surface area contributed by atoms with Crippen LogP contribution in [0.25, 0.3) is 0 Å². The van der Waals surface area contributed by atoms with E-state index in [1.165, 1.54) is 0 Å². The lowest BCUT2D eigenvalue weighted by Gasteiger charge is -2.42. The lowest BCUT2D eigenvalue weighted by molar-refractivity contribution is -0.175. The van der Waals surface area contributed by atoms with Crippen molar-refractivity contribution in [2.24, 2.45) is 11.8 Å². The predicted octanol–water partition coefficient (Wildman–Crippen LogP) is 9.28. The molecule has 4 aromatic rings. The van der Waals surface area contributed by atoms with Crippen LogP contribution < -0.4 is 0 Å². The van der Waals surface area contributed by atoms with Crippen LogP contribution in [0.4, 0.5) is 0 Å². The molecule has 2 saturated heterocycles. The van der Waals surface area contributed by atoms with E-state index in [-0.39, 0.29) is 0 Å². The molecule has 2 atom stereocenters. The minimum Gasteiger partial charge on any atom is -0.341 e.